The van der Waals surface area contributed by atoms with Crippen LogP contribution in [0.4, 0.5) is 5.13 Å². The summed E-state index contributed by atoms with van der Waals surface area (Å²) >= 11 is 1.23. The minimum Gasteiger partial charge on any atom is -0.340 e. The van der Waals surface area contributed by atoms with E-state index in [2.05, 4.69) is 15.5 Å². The van der Waals surface area contributed by atoms with Crippen molar-refractivity contribution in [2.24, 2.45) is 0 Å². The Bertz CT molecular complexity index is 965. The van der Waals surface area contributed by atoms with E-state index in [0.717, 1.165) is 0 Å². The van der Waals surface area contributed by atoms with Gasteiger partial charge >= 0.3 is 0 Å². The fourth-order valence-corrected chi connectivity index (χ4v) is 4.76. The zero-order valence-electron chi connectivity index (χ0n) is 14.9. The van der Waals surface area contributed by atoms with Crippen LogP contribution >= 0.6 is 11.3 Å². The van der Waals surface area contributed by atoms with Crippen LogP contribution in [0.5, 0.6) is 0 Å². The van der Waals surface area contributed by atoms with E-state index in [4.69, 9.17) is 0 Å². The molecule has 1 aliphatic heterocycles. The molecule has 2 aromatic rings. The maximum Gasteiger partial charge on any atom is 0.257 e. The smallest absolute Gasteiger partial charge is 0.257 e. The molecule has 0 unspecified atom stereocenters. The highest BCUT2D eigenvalue weighted by atomic mass is 32.2. The van der Waals surface area contributed by atoms with Gasteiger partial charge < -0.3 is 4.90 Å². The summed E-state index contributed by atoms with van der Waals surface area (Å²) in [7, 11) is -3.75. The largest absolute Gasteiger partial charge is 0.340 e. The molecule has 11 heteroatoms. The molecule has 1 aromatic heterocycles. The number of nitrogens with one attached hydrogen (secondary N) is 1. The summed E-state index contributed by atoms with van der Waals surface area (Å²) in [5.74, 6) is -0.526. The lowest BCUT2D eigenvalue weighted by Crippen LogP contribution is -2.49. The monoisotopic (exact) mass is 409 g/mol. The van der Waals surface area contributed by atoms with E-state index >= 15 is 0 Å². The highest BCUT2D eigenvalue weighted by molar-refractivity contribution is 7.89. The van der Waals surface area contributed by atoms with E-state index in [-0.39, 0.29) is 29.5 Å². The number of sulfonamides is 1. The normalized spacial score (nSPS) is 15.6. The fraction of sp³-hybridized carbons (Fsp3) is 0.375. The van der Waals surface area contributed by atoms with E-state index in [1.54, 1.807) is 11.8 Å². The first-order valence-corrected chi connectivity index (χ1v) is 10.5. The Balaban J connectivity index is 1.76. The van der Waals surface area contributed by atoms with Gasteiger partial charge in [0.05, 0.1) is 4.90 Å². The maximum atomic E-state index is 12.9. The van der Waals surface area contributed by atoms with Crippen LogP contribution in [0.3, 0.4) is 0 Å². The predicted octanol–water partition coefficient (Wildman–Crippen LogP) is 0.952. The van der Waals surface area contributed by atoms with Crippen LogP contribution < -0.4 is 5.32 Å². The molecular formula is C16H19N5O4S2. The first kappa shape index (κ1) is 19.4. The summed E-state index contributed by atoms with van der Waals surface area (Å²) in [4.78, 5) is 25.4. The van der Waals surface area contributed by atoms with Crippen LogP contribution in [0, 0.1) is 6.92 Å². The highest BCUT2D eigenvalue weighted by Crippen LogP contribution is 2.20. The van der Waals surface area contributed by atoms with Crippen molar-refractivity contribution in [1.29, 1.82) is 0 Å². The van der Waals surface area contributed by atoms with Crippen LogP contribution in [0.1, 0.15) is 22.3 Å². The Hall–Kier alpha value is -2.37. The van der Waals surface area contributed by atoms with Crippen LogP contribution in [0.25, 0.3) is 0 Å². The van der Waals surface area contributed by atoms with E-state index in [9.17, 15) is 18.0 Å². The van der Waals surface area contributed by atoms with Gasteiger partial charge in [-0.2, -0.15) is 4.31 Å². The minimum absolute atomic E-state index is 0.0415. The number of piperazine rings is 1. The Morgan fingerprint density at radius 3 is 2.44 bits per heavy atom. The van der Waals surface area contributed by atoms with E-state index in [0.29, 0.717) is 23.2 Å². The number of amides is 2. The second-order valence-corrected chi connectivity index (χ2v) is 9.14. The summed E-state index contributed by atoms with van der Waals surface area (Å²) in [5, 5.41) is 11.3. The lowest BCUT2D eigenvalue weighted by molar-refractivity contribution is -0.129. The van der Waals surface area contributed by atoms with Gasteiger partial charge in [0.25, 0.3) is 5.91 Å². The lowest BCUT2D eigenvalue weighted by Gasteiger charge is -2.33. The zero-order valence-corrected chi connectivity index (χ0v) is 16.5. The molecule has 1 aliphatic rings. The van der Waals surface area contributed by atoms with Crippen LogP contribution in [-0.4, -0.2) is 65.8 Å². The Morgan fingerprint density at radius 1 is 1.15 bits per heavy atom. The topological polar surface area (TPSA) is 113 Å². The number of aryl methyl sites for hydroxylation is 1. The van der Waals surface area contributed by atoms with Gasteiger partial charge in [0.2, 0.25) is 21.1 Å². The summed E-state index contributed by atoms with van der Waals surface area (Å²) < 4.78 is 27.1. The van der Waals surface area contributed by atoms with Crippen molar-refractivity contribution in [1.82, 2.24) is 19.4 Å². The summed E-state index contributed by atoms with van der Waals surface area (Å²) in [6.07, 6.45) is 0. The van der Waals surface area contributed by atoms with Crippen molar-refractivity contribution >= 4 is 38.3 Å². The van der Waals surface area contributed by atoms with E-state index in [1.807, 2.05) is 0 Å². The first-order valence-electron chi connectivity index (χ1n) is 8.24. The molecule has 1 saturated heterocycles. The molecular weight excluding hydrogens is 390 g/mol. The molecule has 0 atom stereocenters. The number of benzene rings is 1. The predicted molar refractivity (Wildman–Crippen MR) is 100 cm³/mol. The average Bonchev–Trinajstić information content (AvgIpc) is 3.06. The molecule has 0 radical (unpaired) electrons. The number of aromatic nitrogens is 2. The molecule has 144 valence electrons. The Morgan fingerprint density at radius 2 is 1.85 bits per heavy atom. The Labute approximate surface area is 161 Å². The molecule has 0 spiro atoms. The van der Waals surface area contributed by atoms with Gasteiger partial charge in [-0.15, -0.1) is 10.2 Å². The van der Waals surface area contributed by atoms with Crippen molar-refractivity contribution in [3.63, 3.8) is 0 Å². The van der Waals surface area contributed by atoms with Gasteiger partial charge in [0.15, 0.2) is 0 Å². The van der Waals surface area contributed by atoms with Crippen molar-refractivity contribution in [2.45, 2.75) is 18.7 Å². The Kier molecular flexibility index (Phi) is 5.53. The van der Waals surface area contributed by atoms with Crippen LogP contribution in [0.15, 0.2) is 29.2 Å². The number of hydrogen-bond donors (Lipinski definition) is 1. The number of rotatable bonds is 4. The third kappa shape index (κ3) is 4.31. The summed E-state index contributed by atoms with van der Waals surface area (Å²) in [6, 6.07) is 5.86. The summed E-state index contributed by atoms with van der Waals surface area (Å²) in [5.41, 5.74) is 0.214. The fourth-order valence-electron chi connectivity index (χ4n) is 2.71. The van der Waals surface area contributed by atoms with E-state index in [1.165, 1.54) is 46.8 Å². The molecule has 1 fully saturated rings. The number of hydrogen-bond acceptors (Lipinski definition) is 7. The van der Waals surface area contributed by atoms with Gasteiger partial charge in [-0.05, 0) is 25.1 Å². The number of carbonyl (C=O) groups is 2. The molecule has 0 aliphatic carbocycles. The first-order chi connectivity index (χ1) is 12.8. The summed E-state index contributed by atoms with van der Waals surface area (Å²) in [6.45, 7) is 4.39. The lowest BCUT2D eigenvalue weighted by atomic mass is 10.2. The third-order valence-electron chi connectivity index (χ3n) is 4.16. The van der Waals surface area contributed by atoms with Gasteiger partial charge in [-0.25, -0.2) is 8.42 Å². The molecule has 2 amide bonds. The van der Waals surface area contributed by atoms with Crippen LogP contribution in [-0.2, 0) is 14.8 Å². The maximum absolute atomic E-state index is 12.9. The number of anilines is 1. The number of carbonyl (C=O) groups excluding carboxylic acids is 2. The molecule has 0 saturated carbocycles. The zero-order chi connectivity index (χ0) is 19.6. The highest BCUT2D eigenvalue weighted by Gasteiger charge is 2.29. The quantitative estimate of drug-likeness (QED) is 0.805. The molecule has 0 bridgehead atoms. The van der Waals surface area contributed by atoms with Crippen LogP contribution in [0.2, 0.25) is 0 Å². The van der Waals surface area contributed by atoms with Gasteiger partial charge in [0, 0.05) is 38.7 Å². The molecule has 2 heterocycles. The standard InChI is InChI=1S/C16H19N5O4S2/c1-11-18-19-16(26-11)17-15(23)13-4-3-5-14(10-13)27(24,25)21-8-6-20(7-9-21)12(2)22/h3-5,10H,6-9H2,1-2H3,(H,17,19,23). The number of nitrogens with zero attached hydrogens (tertiary/aromatic N) is 4. The van der Waals surface area contributed by atoms with Crippen molar-refractivity contribution in [3.05, 3.63) is 34.8 Å². The van der Waals surface area contributed by atoms with Crippen molar-refractivity contribution in [3.8, 4) is 0 Å². The SMILES string of the molecule is CC(=O)N1CCN(S(=O)(=O)c2cccc(C(=O)Nc3nnc(C)s3)c2)CC1. The third-order valence-corrected chi connectivity index (χ3v) is 6.81. The van der Waals surface area contributed by atoms with Crippen molar-refractivity contribution in [2.75, 3.05) is 31.5 Å². The molecule has 3 rings (SSSR count). The van der Waals surface area contributed by atoms with Crippen molar-refractivity contribution < 1.29 is 18.0 Å². The van der Waals surface area contributed by atoms with E-state index < -0.39 is 15.9 Å². The molecule has 1 N–H and O–H groups in total. The van der Waals surface area contributed by atoms with Gasteiger partial charge in [0.1, 0.15) is 5.01 Å². The molecule has 27 heavy (non-hydrogen) atoms. The van der Waals surface area contributed by atoms with Gasteiger partial charge in [-0.3, -0.25) is 14.9 Å². The second kappa shape index (κ2) is 7.71. The average molecular weight is 409 g/mol. The second-order valence-electron chi connectivity index (χ2n) is 6.02. The minimum atomic E-state index is -3.75. The molecule has 1 aromatic carbocycles. The van der Waals surface area contributed by atoms with Gasteiger partial charge in [-0.1, -0.05) is 17.4 Å². The molecule has 9 nitrogen and oxygen atoms in total.